The van der Waals surface area contributed by atoms with Gasteiger partial charge in [-0.1, -0.05) is 18.2 Å². The number of rotatable bonds is 2. The van der Waals surface area contributed by atoms with E-state index < -0.39 is 33.9 Å². The summed E-state index contributed by atoms with van der Waals surface area (Å²) in [5, 5.41) is 19.3. The van der Waals surface area contributed by atoms with Crippen LogP contribution in [0.25, 0.3) is 0 Å². The number of para-hydroxylation sites is 1. The zero-order chi connectivity index (χ0) is 15.2. The van der Waals surface area contributed by atoms with Gasteiger partial charge in [-0.2, -0.15) is 0 Å². The van der Waals surface area contributed by atoms with Crippen molar-refractivity contribution in [1.29, 1.82) is 0 Å². The van der Waals surface area contributed by atoms with Crippen molar-refractivity contribution < 1.29 is 23.4 Å². The molecule has 114 valence electrons. The molecule has 0 aromatic heterocycles. The number of fused-ring (bicyclic) bond motifs is 1. The standard InChI is InChI=1S/C14H17NO5S/c16-13-8-21(19,20)7-12(13)15-6-5-10(14(17)18)9-3-1-2-4-11(9)15/h1-4,10,12-13,16H,5-8H2,(H,17,18). The minimum Gasteiger partial charge on any atom is -0.481 e. The summed E-state index contributed by atoms with van der Waals surface area (Å²) in [5.41, 5.74) is 1.41. The molecule has 7 heteroatoms. The number of carboxylic acids is 1. The van der Waals surface area contributed by atoms with Gasteiger partial charge in [-0.15, -0.1) is 0 Å². The average molecular weight is 311 g/mol. The number of aliphatic hydroxyl groups is 1. The Morgan fingerprint density at radius 1 is 1.24 bits per heavy atom. The van der Waals surface area contributed by atoms with Crippen LogP contribution < -0.4 is 4.90 Å². The number of carbonyl (C=O) groups is 1. The topological polar surface area (TPSA) is 94.9 Å². The van der Waals surface area contributed by atoms with Crippen molar-refractivity contribution in [2.24, 2.45) is 0 Å². The highest BCUT2D eigenvalue weighted by Crippen LogP contribution is 2.38. The predicted molar refractivity (Wildman–Crippen MR) is 77.2 cm³/mol. The normalized spacial score (nSPS) is 30.9. The van der Waals surface area contributed by atoms with Crippen LogP contribution in [0.5, 0.6) is 0 Å². The summed E-state index contributed by atoms with van der Waals surface area (Å²) in [6, 6.07) is 6.63. The van der Waals surface area contributed by atoms with Gasteiger partial charge in [0, 0.05) is 12.2 Å². The van der Waals surface area contributed by atoms with Gasteiger partial charge in [0.1, 0.15) is 0 Å². The summed E-state index contributed by atoms with van der Waals surface area (Å²) in [6.45, 7) is 0.436. The van der Waals surface area contributed by atoms with Gasteiger partial charge in [-0.05, 0) is 18.1 Å². The number of benzene rings is 1. The maximum atomic E-state index is 11.7. The molecule has 2 aliphatic heterocycles. The second-order valence-corrected chi connectivity index (χ2v) is 7.80. The molecular formula is C14H17NO5S. The van der Waals surface area contributed by atoms with Gasteiger partial charge in [-0.25, -0.2) is 8.42 Å². The summed E-state index contributed by atoms with van der Waals surface area (Å²) in [6.07, 6.45) is -0.514. The molecule has 2 aliphatic rings. The monoisotopic (exact) mass is 311 g/mol. The van der Waals surface area contributed by atoms with E-state index in [2.05, 4.69) is 0 Å². The molecule has 2 N–H and O–H groups in total. The van der Waals surface area contributed by atoms with E-state index in [4.69, 9.17) is 0 Å². The van der Waals surface area contributed by atoms with E-state index in [1.807, 2.05) is 4.90 Å². The van der Waals surface area contributed by atoms with E-state index in [0.29, 0.717) is 18.5 Å². The zero-order valence-electron chi connectivity index (χ0n) is 11.3. The van der Waals surface area contributed by atoms with Crippen molar-refractivity contribution in [1.82, 2.24) is 0 Å². The summed E-state index contributed by atoms with van der Waals surface area (Å²) in [5.74, 6) is -1.76. The molecule has 21 heavy (non-hydrogen) atoms. The van der Waals surface area contributed by atoms with Crippen LogP contribution in [-0.4, -0.2) is 54.8 Å². The van der Waals surface area contributed by atoms with Crippen molar-refractivity contribution in [3.8, 4) is 0 Å². The lowest BCUT2D eigenvalue weighted by molar-refractivity contribution is -0.139. The Morgan fingerprint density at radius 2 is 1.95 bits per heavy atom. The highest BCUT2D eigenvalue weighted by atomic mass is 32.2. The molecular weight excluding hydrogens is 294 g/mol. The second-order valence-electron chi connectivity index (χ2n) is 5.64. The van der Waals surface area contributed by atoms with E-state index in [0.717, 1.165) is 5.69 Å². The summed E-state index contributed by atoms with van der Waals surface area (Å²) in [4.78, 5) is 13.2. The Hall–Kier alpha value is -1.60. The molecule has 1 fully saturated rings. The molecule has 3 unspecified atom stereocenters. The molecule has 0 radical (unpaired) electrons. The molecule has 1 aromatic rings. The molecule has 3 rings (SSSR count). The minimum atomic E-state index is -3.23. The molecule has 0 aliphatic carbocycles. The molecule has 2 heterocycles. The Morgan fingerprint density at radius 3 is 2.57 bits per heavy atom. The van der Waals surface area contributed by atoms with E-state index in [1.54, 1.807) is 24.3 Å². The summed E-state index contributed by atoms with van der Waals surface area (Å²) >= 11 is 0. The molecule has 0 saturated carbocycles. The van der Waals surface area contributed by atoms with Crippen LogP contribution in [0.3, 0.4) is 0 Å². The Kier molecular flexibility index (Phi) is 3.41. The predicted octanol–water partition coefficient (Wildman–Crippen LogP) is 0.223. The molecule has 0 spiro atoms. The minimum absolute atomic E-state index is 0.0831. The van der Waals surface area contributed by atoms with Crippen LogP contribution >= 0.6 is 0 Å². The first-order valence-electron chi connectivity index (χ1n) is 6.86. The third kappa shape index (κ3) is 2.51. The van der Waals surface area contributed by atoms with Gasteiger partial charge in [0.15, 0.2) is 9.84 Å². The molecule has 1 saturated heterocycles. The third-order valence-corrected chi connectivity index (χ3v) is 5.97. The number of carboxylic acid groups (broad SMARTS) is 1. The fraction of sp³-hybridized carbons (Fsp3) is 0.500. The Balaban J connectivity index is 1.99. The first-order valence-corrected chi connectivity index (χ1v) is 8.68. The number of hydrogen-bond donors (Lipinski definition) is 2. The van der Waals surface area contributed by atoms with Crippen LogP contribution in [0, 0.1) is 0 Å². The van der Waals surface area contributed by atoms with Crippen LogP contribution in [0.4, 0.5) is 5.69 Å². The van der Waals surface area contributed by atoms with Crippen LogP contribution in [0.2, 0.25) is 0 Å². The van der Waals surface area contributed by atoms with E-state index in [9.17, 15) is 23.4 Å². The number of sulfone groups is 1. The quantitative estimate of drug-likeness (QED) is 0.811. The highest BCUT2D eigenvalue weighted by Gasteiger charge is 2.42. The van der Waals surface area contributed by atoms with Gasteiger partial charge < -0.3 is 15.1 Å². The van der Waals surface area contributed by atoms with E-state index >= 15 is 0 Å². The number of hydrogen-bond acceptors (Lipinski definition) is 5. The van der Waals surface area contributed by atoms with E-state index in [1.165, 1.54) is 0 Å². The largest absolute Gasteiger partial charge is 0.481 e. The molecule has 6 nitrogen and oxygen atoms in total. The third-order valence-electron chi connectivity index (χ3n) is 4.27. The number of aliphatic carboxylic acids is 1. The summed E-state index contributed by atoms with van der Waals surface area (Å²) < 4.78 is 23.4. The van der Waals surface area contributed by atoms with Gasteiger partial charge >= 0.3 is 5.97 Å². The second kappa shape index (κ2) is 4.99. The lowest BCUT2D eigenvalue weighted by Crippen LogP contribution is -2.47. The maximum absolute atomic E-state index is 11.7. The fourth-order valence-electron chi connectivity index (χ4n) is 3.30. The van der Waals surface area contributed by atoms with Crippen molar-refractivity contribution in [3.05, 3.63) is 29.8 Å². The number of nitrogens with zero attached hydrogens (tertiary/aromatic N) is 1. The van der Waals surface area contributed by atoms with Gasteiger partial charge in [-0.3, -0.25) is 4.79 Å². The Labute approximate surface area is 122 Å². The van der Waals surface area contributed by atoms with Crippen molar-refractivity contribution in [2.45, 2.75) is 24.5 Å². The van der Waals surface area contributed by atoms with Crippen LogP contribution in [0.15, 0.2) is 24.3 Å². The number of anilines is 1. The van der Waals surface area contributed by atoms with Crippen molar-refractivity contribution in [3.63, 3.8) is 0 Å². The SMILES string of the molecule is O=C(O)C1CCN(C2CS(=O)(=O)CC2O)c2ccccc21. The zero-order valence-corrected chi connectivity index (χ0v) is 12.2. The maximum Gasteiger partial charge on any atom is 0.311 e. The van der Waals surface area contributed by atoms with E-state index in [-0.39, 0.29) is 11.5 Å². The number of aliphatic hydroxyl groups excluding tert-OH is 1. The highest BCUT2D eigenvalue weighted by molar-refractivity contribution is 7.91. The fourth-order valence-corrected chi connectivity index (χ4v) is 5.10. The molecule has 0 bridgehead atoms. The summed E-state index contributed by atoms with van der Waals surface area (Å²) in [7, 11) is -3.23. The molecule has 1 aromatic carbocycles. The van der Waals surface area contributed by atoms with Gasteiger partial charge in [0.2, 0.25) is 0 Å². The van der Waals surface area contributed by atoms with Crippen molar-refractivity contribution in [2.75, 3.05) is 23.0 Å². The Bertz CT molecular complexity index is 672. The molecule has 0 amide bonds. The molecule has 3 atom stereocenters. The smallest absolute Gasteiger partial charge is 0.311 e. The lowest BCUT2D eigenvalue weighted by atomic mass is 9.89. The lowest BCUT2D eigenvalue weighted by Gasteiger charge is -2.39. The van der Waals surface area contributed by atoms with Crippen LogP contribution in [0.1, 0.15) is 17.9 Å². The first kappa shape index (κ1) is 14.3. The van der Waals surface area contributed by atoms with Gasteiger partial charge in [0.25, 0.3) is 0 Å². The average Bonchev–Trinajstić information content (AvgIpc) is 2.70. The first-order chi connectivity index (χ1) is 9.89. The van der Waals surface area contributed by atoms with Gasteiger partial charge in [0.05, 0.1) is 29.6 Å². The van der Waals surface area contributed by atoms with Crippen molar-refractivity contribution >= 4 is 21.5 Å². The van der Waals surface area contributed by atoms with Crippen LogP contribution in [-0.2, 0) is 14.6 Å².